The molecule has 5 nitrogen and oxygen atoms in total. The van der Waals surface area contributed by atoms with E-state index in [-0.39, 0.29) is 17.6 Å². The molecule has 2 N–H and O–H groups in total. The van der Waals surface area contributed by atoms with Gasteiger partial charge in [0.2, 0.25) is 0 Å². The number of Topliss-reactive ketones (excluding diaryl/α,β-unsaturated/α-hetero) is 1. The molecule has 0 fully saturated rings. The van der Waals surface area contributed by atoms with E-state index in [1.54, 1.807) is 6.07 Å². The van der Waals surface area contributed by atoms with Crippen molar-refractivity contribution >= 4 is 39.0 Å². The number of hydrogen-bond donors (Lipinski definition) is 2. The number of carbonyl (C=O) groups is 1. The first-order chi connectivity index (χ1) is 12.0. The minimum absolute atomic E-state index is 0.0587. The molecule has 0 saturated carbocycles. The summed E-state index contributed by atoms with van der Waals surface area (Å²) in [6.45, 7) is 5.06. The second-order valence-corrected chi connectivity index (χ2v) is 7.29. The molecule has 0 amide bonds. The molecule has 1 aliphatic heterocycles. The van der Waals surface area contributed by atoms with Crippen molar-refractivity contribution in [3.05, 3.63) is 33.4 Å². The molecule has 0 saturated heterocycles. The minimum atomic E-state index is -0.325. The summed E-state index contributed by atoms with van der Waals surface area (Å²) in [5, 5.41) is 14.1. The lowest BCUT2D eigenvalue weighted by atomic mass is 9.84. The average molecular weight is 425 g/mol. The number of carbonyl (C=O) groups excluding carboxylic acids is 1. The van der Waals surface area contributed by atoms with Gasteiger partial charge < -0.3 is 20.1 Å². The van der Waals surface area contributed by atoms with Gasteiger partial charge in [-0.3, -0.25) is 4.79 Å². The highest BCUT2D eigenvalue weighted by atomic mass is 79.9. The van der Waals surface area contributed by atoms with Gasteiger partial charge in [-0.05, 0) is 72.5 Å². The molecule has 0 radical (unpaired) electrons. The Morgan fingerprint density at radius 3 is 2.84 bits per heavy atom. The summed E-state index contributed by atoms with van der Waals surface area (Å²) >= 11 is 8.91. The summed E-state index contributed by atoms with van der Waals surface area (Å²) in [5.41, 5.74) is 2.64. The number of rotatable bonds is 4. The molecule has 134 valence electrons. The lowest BCUT2D eigenvalue weighted by Crippen LogP contribution is -2.49. The highest BCUT2D eigenvalue weighted by Gasteiger charge is 2.37. The number of ketones is 1. The van der Waals surface area contributed by atoms with Crippen LogP contribution >= 0.6 is 28.1 Å². The zero-order chi connectivity index (χ0) is 18.1. The summed E-state index contributed by atoms with van der Waals surface area (Å²) in [6.07, 6.45) is 2.26. The lowest BCUT2D eigenvalue weighted by Gasteiger charge is -2.40. The van der Waals surface area contributed by atoms with E-state index in [1.165, 1.54) is 0 Å². The first-order valence-corrected chi connectivity index (χ1v) is 9.67. The fraction of sp³-hybridized carbons (Fsp3) is 0.444. The summed E-state index contributed by atoms with van der Waals surface area (Å²) in [7, 11) is 0. The predicted octanol–water partition coefficient (Wildman–Crippen LogP) is 3.81. The maximum atomic E-state index is 12.7. The number of nitrogens with zero attached hydrogens (tertiary/aromatic N) is 1. The highest BCUT2D eigenvalue weighted by molar-refractivity contribution is 9.10. The third-order valence-corrected chi connectivity index (χ3v) is 5.50. The first kappa shape index (κ1) is 18.2. The fourth-order valence-electron chi connectivity index (χ4n) is 3.46. The van der Waals surface area contributed by atoms with Gasteiger partial charge in [-0.1, -0.05) is 0 Å². The van der Waals surface area contributed by atoms with Gasteiger partial charge in [-0.25, -0.2) is 0 Å². The fourth-order valence-corrected chi connectivity index (χ4v) is 4.28. The van der Waals surface area contributed by atoms with Crippen LogP contribution in [0.2, 0.25) is 0 Å². The van der Waals surface area contributed by atoms with E-state index < -0.39 is 0 Å². The van der Waals surface area contributed by atoms with Gasteiger partial charge in [0.25, 0.3) is 0 Å². The topological polar surface area (TPSA) is 61.8 Å². The number of ether oxygens (including phenoxy) is 1. The number of nitrogens with one attached hydrogen (secondary N) is 1. The number of halogens is 1. The number of allylic oxidation sites excluding steroid dienone is 1. The molecule has 1 heterocycles. The Bertz CT molecular complexity index is 763. The summed E-state index contributed by atoms with van der Waals surface area (Å²) in [6, 6.07) is 3.26. The number of hydrogen-bond acceptors (Lipinski definition) is 4. The molecule has 3 rings (SSSR count). The van der Waals surface area contributed by atoms with Crippen molar-refractivity contribution in [1.29, 1.82) is 0 Å². The van der Waals surface area contributed by atoms with Crippen LogP contribution in [0.25, 0.3) is 0 Å². The Labute approximate surface area is 161 Å². The van der Waals surface area contributed by atoms with Crippen molar-refractivity contribution in [2.45, 2.75) is 39.2 Å². The lowest BCUT2D eigenvalue weighted by molar-refractivity contribution is -0.116. The molecule has 1 aromatic carbocycles. The standard InChI is InChI=1S/C18H21BrN2O3S/c1-3-21-12-6-5-7-13(22)15(12)16(20-18(21)25)10-8-11(19)17(23)14(9-10)24-4-2/h8-9,16,23H,3-7H2,1-2H3,(H,20,25). The van der Waals surface area contributed by atoms with Crippen LogP contribution in [0.5, 0.6) is 11.5 Å². The normalized spacial score (nSPS) is 20.4. The monoisotopic (exact) mass is 424 g/mol. The number of phenols is 1. The van der Waals surface area contributed by atoms with Gasteiger partial charge in [0.15, 0.2) is 22.4 Å². The van der Waals surface area contributed by atoms with E-state index in [9.17, 15) is 9.90 Å². The van der Waals surface area contributed by atoms with Crippen LogP contribution in [0.4, 0.5) is 0 Å². The summed E-state index contributed by atoms with van der Waals surface area (Å²) in [5.74, 6) is 0.605. The second-order valence-electron chi connectivity index (χ2n) is 6.05. The van der Waals surface area contributed by atoms with E-state index in [2.05, 4.69) is 21.2 Å². The molecular weight excluding hydrogens is 404 g/mol. The quantitative estimate of drug-likeness (QED) is 0.716. The van der Waals surface area contributed by atoms with Crippen molar-refractivity contribution in [2.75, 3.05) is 13.2 Å². The van der Waals surface area contributed by atoms with Crippen LogP contribution in [0.3, 0.4) is 0 Å². The van der Waals surface area contributed by atoms with Gasteiger partial charge >= 0.3 is 0 Å². The molecule has 25 heavy (non-hydrogen) atoms. The Hall–Kier alpha value is -1.60. The third-order valence-electron chi connectivity index (χ3n) is 4.56. The molecule has 1 unspecified atom stereocenters. The maximum absolute atomic E-state index is 12.7. The first-order valence-electron chi connectivity index (χ1n) is 8.47. The molecule has 1 aromatic rings. The van der Waals surface area contributed by atoms with Crippen molar-refractivity contribution in [3.8, 4) is 11.5 Å². The number of aromatic hydroxyl groups is 1. The number of phenolic OH excluding ortho intramolecular Hbond substituents is 1. The predicted molar refractivity (Wildman–Crippen MR) is 104 cm³/mol. The van der Waals surface area contributed by atoms with E-state index in [4.69, 9.17) is 17.0 Å². The molecule has 0 aromatic heterocycles. The van der Waals surface area contributed by atoms with Crippen LogP contribution in [0, 0.1) is 0 Å². The molecule has 2 aliphatic rings. The van der Waals surface area contributed by atoms with Gasteiger partial charge in [0.1, 0.15) is 0 Å². The number of benzene rings is 1. The molecule has 7 heteroatoms. The smallest absolute Gasteiger partial charge is 0.173 e. The van der Waals surface area contributed by atoms with E-state index in [0.29, 0.717) is 28.4 Å². The van der Waals surface area contributed by atoms with Gasteiger partial charge in [0, 0.05) is 24.2 Å². The zero-order valence-corrected chi connectivity index (χ0v) is 16.7. The second kappa shape index (κ2) is 7.33. The Morgan fingerprint density at radius 1 is 1.40 bits per heavy atom. The SMILES string of the molecule is CCOc1cc(C2NC(=S)N(CC)C3=C2C(=O)CCC3)cc(Br)c1O. The largest absolute Gasteiger partial charge is 0.503 e. The van der Waals surface area contributed by atoms with Crippen molar-refractivity contribution in [1.82, 2.24) is 10.2 Å². The average Bonchev–Trinajstić information content (AvgIpc) is 2.58. The highest BCUT2D eigenvalue weighted by Crippen LogP contribution is 2.42. The van der Waals surface area contributed by atoms with Gasteiger partial charge in [0.05, 0.1) is 17.1 Å². The molecule has 0 spiro atoms. The van der Waals surface area contributed by atoms with E-state index >= 15 is 0 Å². The minimum Gasteiger partial charge on any atom is -0.503 e. The Balaban J connectivity index is 2.13. The molecular formula is C18H21BrN2O3S. The Kier molecular flexibility index (Phi) is 5.34. The van der Waals surface area contributed by atoms with Crippen LogP contribution in [-0.2, 0) is 4.79 Å². The van der Waals surface area contributed by atoms with Crippen LogP contribution in [0.1, 0.15) is 44.7 Å². The van der Waals surface area contributed by atoms with Crippen molar-refractivity contribution in [3.63, 3.8) is 0 Å². The van der Waals surface area contributed by atoms with Crippen LogP contribution in [-0.4, -0.2) is 34.1 Å². The summed E-state index contributed by atoms with van der Waals surface area (Å²) in [4.78, 5) is 14.7. The van der Waals surface area contributed by atoms with E-state index in [0.717, 1.165) is 36.2 Å². The Morgan fingerprint density at radius 2 is 2.16 bits per heavy atom. The molecule has 1 atom stereocenters. The van der Waals surface area contributed by atoms with Crippen molar-refractivity contribution < 1.29 is 14.6 Å². The molecule has 1 aliphatic carbocycles. The van der Waals surface area contributed by atoms with Crippen LogP contribution in [0.15, 0.2) is 27.9 Å². The zero-order valence-electron chi connectivity index (χ0n) is 14.3. The van der Waals surface area contributed by atoms with Crippen molar-refractivity contribution in [2.24, 2.45) is 0 Å². The van der Waals surface area contributed by atoms with Crippen LogP contribution < -0.4 is 10.1 Å². The maximum Gasteiger partial charge on any atom is 0.173 e. The summed E-state index contributed by atoms with van der Waals surface area (Å²) < 4.78 is 6.06. The van der Waals surface area contributed by atoms with Gasteiger partial charge in [-0.2, -0.15) is 0 Å². The third kappa shape index (κ3) is 3.27. The number of thiocarbonyl (C=S) groups is 1. The van der Waals surface area contributed by atoms with E-state index in [1.807, 2.05) is 24.8 Å². The molecule has 0 bridgehead atoms. The van der Waals surface area contributed by atoms with Gasteiger partial charge in [-0.15, -0.1) is 0 Å².